The first-order chi connectivity index (χ1) is 12.8. The van der Waals surface area contributed by atoms with Crippen molar-refractivity contribution in [2.75, 3.05) is 19.4 Å². The Labute approximate surface area is 174 Å². The number of hydrogen-bond donors (Lipinski definition) is 1. The number of halogens is 2. The molecule has 0 aliphatic carbocycles. The van der Waals surface area contributed by atoms with Gasteiger partial charge in [-0.3, -0.25) is 0 Å². The summed E-state index contributed by atoms with van der Waals surface area (Å²) in [4.78, 5) is 8.38. The largest absolute Gasteiger partial charge is 0.495 e. The number of thioether (sulfide) groups is 1. The minimum absolute atomic E-state index is 0. The van der Waals surface area contributed by atoms with Crippen molar-refractivity contribution in [1.82, 2.24) is 15.3 Å². The lowest BCUT2D eigenvalue weighted by atomic mass is 10.2. The third-order valence-electron chi connectivity index (χ3n) is 3.67. The average molecular weight is 426 g/mol. The van der Waals surface area contributed by atoms with E-state index >= 15 is 0 Å². The first kappa shape index (κ1) is 21.6. The Morgan fingerprint density at radius 1 is 1.19 bits per heavy atom. The van der Waals surface area contributed by atoms with Crippen LogP contribution in [0.5, 0.6) is 5.75 Å². The highest BCUT2D eigenvalue weighted by Crippen LogP contribution is 2.31. The first-order valence-electron chi connectivity index (χ1n) is 8.29. The molecule has 0 atom stereocenters. The summed E-state index contributed by atoms with van der Waals surface area (Å²) in [5, 5.41) is 4.78. The van der Waals surface area contributed by atoms with Crippen LogP contribution in [0.3, 0.4) is 0 Å². The van der Waals surface area contributed by atoms with Gasteiger partial charge in [-0.2, -0.15) is 0 Å². The van der Waals surface area contributed by atoms with Gasteiger partial charge in [-0.15, -0.1) is 12.4 Å². The molecule has 0 saturated heterocycles. The Morgan fingerprint density at radius 3 is 2.74 bits per heavy atom. The second kappa shape index (κ2) is 11.2. The summed E-state index contributed by atoms with van der Waals surface area (Å²) in [7, 11) is 1.60. The summed E-state index contributed by atoms with van der Waals surface area (Å²) in [6.07, 6.45) is 4.56. The van der Waals surface area contributed by atoms with Crippen molar-refractivity contribution < 1.29 is 9.15 Å². The van der Waals surface area contributed by atoms with Crippen molar-refractivity contribution >= 4 is 35.8 Å². The summed E-state index contributed by atoms with van der Waals surface area (Å²) in [6, 6.07) is 11.4. The molecule has 0 amide bonds. The van der Waals surface area contributed by atoms with Gasteiger partial charge in [-0.05, 0) is 49.4 Å². The van der Waals surface area contributed by atoms with Crippen molar-refractivity contribution in [3.63, 3.8) is 0 Å². The standard InChI is InChI=1S/C19H20ClN3O2S.ClH/c1-24-18-6-4-14(12-16(18)20)17-7-5-15(25-17)13-21-8-3-11-26-19-22-9-2-10-23-19;/h2,4-7,9-10,12,21H,3,8,11,13H2,1H3;1H. The predicted molar refractivity (Wildman–Crippen MR) is 112 cm³/mol. The minimum atomic E-state index is 0. The second-order valence-electron chi connectivity index (χ2n) is 5.53. The molecule has 3 rings (SSSR count). The van der Waals surface area contributed by atoms with Crippen molar-refractivity contribution in [3.05, 3.63) is 59.6 Å². The number of furan rings is 1. The lowest BCUT2D eigenvalue weighted by molar-refractivity contribution is 0.415. The monoisotopic (exact) mass is 425 g/mol. The zero-order valence-corrected chi connectivity index (χ0v) is 17.2. The molecule has 0 aliphatic rings. The molecule has 1 aromatic carbocycles. The topological polar surface area (TPSA) is 60.2 Å². The van der Waals surface area contributed by atoms with Gasteiger partial charge in [0.05, 0.1) is 18.7 Å². The van der Waals surface area contributed by atoms with Crippen LogP contribution in [0.15, 0.2) is 58.4 Å². The van der Waals surface area contributed by atoms with Gasteiger partial charge in [0.25, 0.3) is 0 Å². The fourth-order valence-corrected chi connectivity index (χ4v) is 3.38. The van der Waals surface area contributed by atoms with E-state index in [1.54, 1.807) is 31.3 Å². The van der Waals surface area contributed by atoms with Gasteiger partial charge in [0.15, 0.2) is 5.16 Å². The van der Waals surface area contributed by atoms with Gasteiger partial charge >= 0.3 is 0 Å². The third kappa shape index (κ3) is 6.43. The molecule has 0 radical (unpaired) electrons. The number of rotatable bonds is 9. The Morgan fingerprint density at radius 2 is 2.00 bits per heavy atom. The fourth-order valence-electron chi connectivity index (χ4n) is 2.38. The molecule has 5 nitrogen and oxygen atoms in total. The molecule has 144 valence electrons. The lowest BCUT2D eigenvalue weighted by Gasteiger charge is -2.05. The van der Waals surface area contributed by atoms with Gasteiger partial charge in [0.1, 0.15) is 17.3 Å². The normalized spacial score (nSPS) is 10.4. The maximum absolute atomic E-state index is 6.17. The van der Waals surface area contributed by atoms with E-state index in [9.17, 15) is 0 Å². The highest BCUT2D eigenvalue weighted by Gasteiger charge is 2.08. The van der Waals surface area contributed by atoms with E-state index in [1.807, 2.05) is 36.4 Å². The van der Waals surface area contributed by atoms with Crippen LogP contribution in [0.25, 0.3) is 11.3 Å². The van der Waals surface area contributed by atoms with E-state index < -0.39 is 0 Å². The number of benzene rings is 1. The van der Waals surface area contributed by atoms with Crippen molar-refractivity contribution in [2.24, 2.45) is 0 Å². The molecular formula is C19H21Cl2N3O2S. The van der Waals surface area contributed by atoms with Gasteiger partial charge in [-0.1, -0.05) is 23.4 Å². The Hall–Kier alpha value is -1.73. The van der Waals surface area contributed by atoms with Crippen LogP contribution in [-0.4, -0.2) is 29.4 Å². The van der Waals surface area contributed by atoms with E-state index in [0.29, 0.717) is 17.3 Å². The molecule has 8 heteroatoms. The molecule has 0 saturated carbocycles. The number of methoxy groups -OCH3 is 1. The van der Waals surface area contributed by atoms with Gasteiger partial charge in [0, 0.05) is 23.7 Å². The van der Waals surface area contributed by atoms with E-state index in [1.165, 1.54) is 0 Å². The summed E-state index contributed by atoms with van der Waals surface area (Å²) >= 11 is 7.84. The summed E-state index contributed by atoms with van der Waals surface area (Å²) < 4.78 is 11.1. The molecule has 0 bridgehead atoms. The van der Waals surface area contributed by atoms with Crippen LogP contribution in [0.1, 0.15) is 12.2 Å². The molecule has 27 heavy (non-hydrogen) atoms. The van der Waals surface area contributed by atoms with Crippen LogP contribution < -0.4 is 10.1 Å². The highest BCUT2D eigenvalue weighted by molar-refractivity contribution is 7.99. The summed E-state index contributed by atoms with van der Waals surface area (Å²) in [5.41, 5.74) is 0.932. The average Bonchev–Trinajstić information content (AvgIpc) is 3.14. The number of nitrogens with one attached hydrogen (secondary N) is 1. The zero-order chi connectivity index (χ0) is 18.2. The van der Waals surface area contributed by atoms with Crippen LogP contribution in [0, 0.1) is 0 Å². The van der Waals surface area contributed by atoms with Gasteiger partial charge in [0.2, 0.25) is 0 Å². The van der Waals surface area contributed by atoms with E-state index in [2.05, 4.69) is 15.3 Å². The number of nitrogens with zero attached hydrogens (tertiary/aromatic N) is 2. The quantitative estimate of drug-likeness (QED) is 0.292. The molecular weight excluding hydrogens is 405 g/mol. The van der Waals surface area contributed by atoms with Crippen LogP contribution in [0.4, 0.5) is 0 Å². The summed E-state index contributed by atoms with van der Waals surface area (Å²) in [5.74, 6) is 3.32. The van der Waals surface area contributed by atoms with Crippen molar-refractivity contribution in [3.8, 4) is 17.1 Å². The van der Waals surface area contributed by atoms with Gasteiger partial charge < -0.3 is 14.5 Å². The van der Waals surface area contributed by atoms with E-state index in [0.717, 1.165) is 41.0 Å². The number of hydrogen-bond acceptors (Lipinski definition) is 6. The SMILES string of the molecule is COc1ccc(-c2ccc(CNCCCSc3ncccn3)o2)cc1Cl.Cl. The summed E-state index contributed by atoms with van der Waals surface area (Å²) in [6.45, 7) is 1.60. The van der Waals surface area contributed by atoms with Gasteiger partial charge in [-0.25, -0.2) is 9.97 Å². The fraction of sp³-hybridized carbons (Fsp3) is 0.263. The van der Waals surface area contributed by atoms with Crippen LogP contribution in [0.2, 0.25) is 5.02 Å². The van der Waals surface area contributed by atoms with Crippen molar-refractivity contribution in [2.45, 2.75) is 18.1 Å². The Balaban J connectivity index is 0.00000261. The lowest BCUT2D eigenvalue weighted by Crippen LogP contribution is -2.14. The molecule has 0 unspecified atom stereocenters. The Bertz CT molecular complexity index is 831. The van der Waals surface area contributed by atoms with Crippen molar-refractivity contribution in [1.29, 1.82) is 0 Å². The highest BCUT2D eigenvalue weighted by atomic mass is 35.5. The maximum Gasteiger partial charge on any atom is 0.187 e. The Kier molecular flexibility index (Phi) is 8.94. The molecule has 1 N–H and O–H groups in total. The van der Waals surface area contributed by atoms with E-state index in [4.69, 9.17) is 20.8 Å². The number of aromatic nitrogens is 2. The molecule has 3 aromatic rings. The second-order valence-corrected chi connectivity index (χ2v) is 6.99. The molecule has 0 spiro atoms. The number of ether oxygens (including phenoxy) is 1. The smallest absolute Gasteiger partial charge is 0.187 e. The molecule has 0 aliphatic heterocycles. The van der Waals surface area contributed by atoms with Crippen LogP contribution in [-0.2, 0) is 6.54 Å². The molecule has 2 aromatic heterocycles. The predicted octanol–water partition coefficient (Wildman–Crippen LogP) is 5.09. The minimum Gasteiger partial charge on any atom is -0.495 e. The van der Waals surface area contributed by atoms with Crippen LogP contribution >= 0.6 is 35.8 Å². The third-order valence-corrected chi connectivity index (χ3v) is 4.93. The first-order valence-corrected chi connectivity index (χ1v) is 9.66. The molecule has 0 fully saturated rings. The van der Waals surface area contributed by atoms with E-state index in [-0.39, 0.29) is 12.4 Å². The molecule has 2 heterocycles. The maximum atomic E-state index is 6.17. The zero-order valence-electron chi connectivity index (χ0n) is 14.9.